The molecule has 2 heterocycles. The monoisotopic (exact) mass is 387 g/mol. The number of anilines is 1. The maximum absolute atomic E-state index is 12.4. The number of nitrogens with one attached hydrogen (secondary N) is 1. The molecule has 0 amide bonds. The summed E-state index contributed by atoms with van der Waals surface area (Å²) in [4.78, 5) is 35.4. The summed E-state index contributed by atoms with van der Waals surface area (Å²) in [7, 11) is 0. The van der Waals surface area contributed by atoms with E-state index >= 15 is 0 Å². The summed E-state index contributed by atoms with van der Waals surface area (Å²) in [6, 6.07) is 7.31. The molecule has 1 aromatic carbocycles. The minimum atomic E-state index is -0.349. The predicted octanol–water partition coefficient (Wildman–Crippen LogP) is 2.43. The second-order valence-electron chi connectivity index (χ2n) is 6.00. The lowest BCUT2D eigenvalue weighted by atomic mass is 10.1. The van der Waals surface area contributed by atoms with E-state index in [-0.39, 0.29) is 29.2 Å². The van der Waals surface area contributed by atoms with Crippen LogP contribution in [0.3, 0.4) is 0 Å². The number of carbonyl (C=O) groups excluding carboxylic acids is 1. The number of nitrogen functional groups attached to an aromatic ring is 1. The second kappa shape index (κ2) is 8.26. The molecular weight excluding hydrogens is 366 g/mol. The molecule has 0 aliphatic rings. The average molecular weight is 387 g/mol. The molecule has 0 atom stereocenters. The SMILES string of the molecule is CCCCOc1nc(N)c2[nH]c(=O)n(Cc3cccc(C(=O)SC)c3)c2n1. The normalized spacial score (nSPS) is 11.0. The number of thioether (sulfide) groups is 1. The number of imidazole rings is 1. The summed E-state index contributed by atoms with van der Waals surface area (Å²) in [6.07, 6.45) is 3.59. The Kier molecular flexibility index (Phi) is 5.80. The van der Waals surface area contributed by atoms with Crippen LogP contribution in [0.2, 0.25) is 0 Å². The average Bonchev–Trinajstić information content (AvgIpc) is 2.98. The van der Waals surface area contributed by atoms with Crippen LogP contribution in [0.15, 0.2) is 29.1 Å². The molecule has 3 N–H and O–H groups in total. The first kappa shape index (κ1) is 19.0. The van der Waals surface area contributed by atoms with E-state index < -0.39 is 0 Å². The van der Waals surface area contributed by atoms with Crippen molar-refractivity contribution in [2.75, 3.05) is 18.6 Å². The maximum atomic E-state index is 12.4. The van der Waals surface area contributed by atoms with Crippen LogP contribution >= 0.6 is 11.8 Å². The Morgan fingerprint density at radius 1 is 1.37 bits per heavy atom. The molecule has 0 aliphatic heterocycles. The fourth-order valence-corrected chi connectivity index (χ4v) is 3.01. The predicted molar refractivity (Wildman–Crippen MR) is 106 cm³/mol. The molecule has 27 heavy (non-hydrogen) atoms. The third-order valence-electron chi connectivity index (χ3n) is 4.05. The number of fused-ring (bicyclic) bond motifs is 1. The minimum absolute atomic E-state index is 0.0266. The maximum Gasteiger partial charge on any atom is 0.328 e. The number of ether oxygens (including phenoxy) is 1. The first-order valence-electron chi connectivity index (χ1n) is 8.59. The van der Waals surface area contributed by atoms with Crippen molar-refractivity contribution >= 4 is 33.9 Å². The van der Waals surface area contributed by atoms with Crippen molar-refractivity contribution in [3.8, 4) is 6.01 Å². The highest BCUT2D eigenvalue weighted by Crippen LogP contribution is 2.19. The summed E-state index contributed by atoms with van der Waals surface area (Å²) in [5.74, 6) is 0.161. The van der Waals surface area contributed by atoms with Crippen LogP contribution in [0.4, 0.5) is 5.82 Å². The van der Waals surface area contributed by atoms with Gasteiger partial charge in [0.05, 0.1) is 13.2 Å². The van der Waals surface area contributed by atoms with Gasteiger partial charge in [-0.25, -0.2) is 4.79 Å². The Hall–Kier alpha value is -2.81. The van der Waals surface area contributed by atoms with Gasteiger partial charge in [0.15, 0.2) is 11.5 Å². The van der Waals surface area contributed by atoms with E-state index in [4.69, 9.17) is 10.5 Å². The third-order valence-corrected chi connectivity index (χ3v) is 4.65. The first-order chi connectivity index (χ1) is 13.0. The molecule has 0 spiro atoms. The molecule has 0 fully saturated rings. The first-order valence-corrected chi connectivity index (χ1v) is 9.82. The van der Waals surface area contributed by atoms with Gasteiger partial charge in [-0.2, -0.15) is 9.97 Å². The fourth-order valence-electron chi connectivity index (χ4n) is 2.65. The number of rotatable bonds is 7. The molecule has 0 aliphatic carbocycles. The number of H-pyrrole nitrogens is 1. The molecular formula is C18H21N5O3S. The van der Waals surface area contributed by atoms with E-state index in [1.165, 1.54) is 4.57 Å². The number of hydrogen-bond acceptors (Lipinski definition) is 7. The molecule has 0 saturated carbocycles. The Labute approximate surface area is 160 Å². The van der Waals surface area contributed by atoms with Gasteiger partial charge in [0.25, 0.3) is 0 Å². The van der Waals surface area contributed by atoms with Crippen LogP contribution in [-0.4, -0.2) is 37.5 Å². The molecule has 0 radical (unpaired) electrons. The molecule has 0 bridgehead atoms. The van der Waals surface area contributed by atoms with Gasteiger partial charge in [0, 0.05) is 5.56 Å². The topological polar surface area (TPSA) is 116 Å². The van der Waals surface area contributed by atoms with E-state index in [1.54, 1.807) is 24.5 Å². The summed E-state index contributed by atoms with van der Waals surface area (Å²) in [5, 5.41) is -0.0266. The smallest absolute Gasteiger partial charge is 0.328 e. The van der Waals surface area contributed by atoms with Crippen molar-refractivity contribution in [3.63, 3.8) is 0 Å². The van der Waals surface area contributed by atoms with E-state index in [9.17, 15) is 9.59 Å². The Bertz CT molecular complexity index is 1030. The lowest BCUT2D eigenvalue weighted by Gasteiger charge is -2.07. The fraction of sp³-hybridized carbons (Fsp3) is 0.333. The second-order valence-corrected chi connectivity index (χ2v) is 6.78. The van der Waals surface area contributed by atoms with Crippen molar-refractivity contribution in [1.29, 1.82) is 0 Å². The van der Waals surface area contributed by atoms with Gasteiger partial charge in [-0.15, -0.1) is 0 Å². The number of nitrogens with two attached hydrogens (primary N) is 1. The zero-order valence-electron chi connectivity index (χ0n) is 15.2. The van der Waals surface area contributed by atoms with Crippen LogP contribution in [0.1, 0.15) is 35.7 Å². The lowest BCUT2D eigenvalue weighted by molar-refractivity contribution is 0.108. The van der Waals surface area contributed by atoms with E-state index in [0.717, 1.165) is 30.2 Å². The Balaban J connectivity index is 1.97. The quantitative estimate of drug-likeness (QED) is 0.598. The van der Waals surface area contributed by atoms with Crippen molar-refractivity contribution in [1.82, 2.24) is 19.5 Å². The van der Waals surface area contributed by atoms with Crippen molar-refractivity contribution in [2.45, 2.75) is 26.3 Å². The summed E-state index contributed by atoms with van der Waals surface area (Å²) in [5.41, 5.74) is 7.76. The number of aromatic nitrogens is 4. The number of nitrogens with zero attached hydrogens (tertiary/aromatic N) is 3. The summed E-state index contributed by atoms with van der Waals surface area (Å²) in [6.45, 7) is 2.79. The van der Waals surface area contributed by atoms with E-state index in [1.807, 2.05) is 6.07 Å². The molecule has 9 heteroatoms. The summed E-state index contributed by atoms with van der Waals surface area (Å²) < 4.78 is 7.00. The number of benzene rings is 1. The Morgan fingerprint density at radius 3 is 2.93 bits per heavy atom. The number of hydrogen-bond donors (Lipinski definition) is 2. The van der Waals surface area contributed by atoms with E-state index in [2.05, 4.69) is 21.9 Å². The highest BCUT2D eigenvalue weighted by Gasteiger charge is 2.15. The lowest BCUT2D eigenvalue weighted by Crippen LogP contribution is -2.18. The van der Waals surface area contributed by atoms with E-state index in [0.29, 0.717) is 23.3 Å². The van der Waals surface area contributed by atoms with Crippen LogP contribution in [0.5, 0.6) is 6.01 Å². The Morgan fingerprint density at radius 2 is 2.19 bits per heavy atom. The number of aromatic amines is 1. The highest BCUT2D eigenvalue weighted by atomic mass is 32.2. The van der Waals surface area contributed by atoms with Crippen LogP contribution in [0, 0.1) is 0 Å². The summed E-state index contributed by atoms with van der Waals surface area (Å²) >= 11 is 1.15. The van der Waals surface area contributed by atoms with Crippen LogP contribution < -0.4 is 16.2 Å². The third kappa shape index (κ3) is 4.13. The van der Waals surface area contributed by atoms with Gasteiger partial charge in [0.2, 0.25) is 5.12 Å². The van der Waals surface area contributed by atoms with Gasteiger partial charge in [-0.1, -0.05) is 43.3 Å². The largest absolute Gasteiger partial charge is 0.463 e. The van der Waals surface area contributed by atoms with Crippen LogP contribution in [-0.2, 0) is 6.54 Å². The standard InChI is InChI=1S/C18H21N5O3S/c1-3-4-8-26-17-21-14(19)13-15(22-17)23(18(25)20-13)10-11-6-5-7-12(9-11)16(24)27-2/h5-7,9H,3-4,8,10H2,1-2H3,(H,20,25)(H2,19,21,22). The van der Waals surface area contributed by atoms with Gasteiger partial charge in [-0.05, 0) is 24.3 Å². The zero-order chi connectivity index (χ0) is 19.4. The van der Waals surface area contributed by atoms with Crippen molar-refractivity contribution < 1.29 is 9.53 Å². The van der Waals surface area contributed by atoms with Crippen LogP contribution in [0.25, 0.3) is 11.2 Å². The van der Waals surface area contributed by atoms with Crippen molar-refractivity contribution in [3.05, 3.63) is 45.9 Å². The van der Waals surface area contributed by atoms with Crippen molar-refractivity contribution in [2.24, 2.45) is 0 Å². The molecule has 0 saturated heterocycles. The van der Waals surface area contributed by atoms with Gasteiger partial charge < -0.3 is 15.5 Å². The number of carbonyl (C=O) groups is 1. The minimum Gasteiger partial charge on any atom is -0.463 e. The highest BCUT2D eigenvalue weighted by molar-refractivity contribution is 8.13. The molecule has 0 unspecified atom stereocenters. The van der Waals surface area contributed by atoms with Gasteiger partial charge in [0.1, 0.15) is 5.52 Å². The molecule has 142 valence electrons. The number of unbranched alkanes of at least 4 members (excludes halogenated alkanes) is 1. The molecule has 3 rings (SSSR count). The van der Waals surface area contributed by atoms with Gasteiger partial charge >= 0.3 is 11.7 Å². The molecule has 8 nitrogen and oxygen atoms in total. The van der Waals surface area contributed by atoms with Gasteiger partial charge in [-0.3, -0.25) is 9.36 Å². The molecule has 2 aromatic heterocycles. The zero-order valence-corrected chi connectivity index (χ0v) is 16.0. The molecule has 3 aromatic rings.